The smallest absolute Gasteiger partial charge is 0.323 e. The first-order valence-electron chi connectivity index (χ1n) is 5.36. The number of aliphatic carboxylic acids is 1. The van der Waals surface area contributed by atoms with Crippen molar-refractivity contribution in [3.8, 4) is 0 Å². The lowest BCUT2D eigenvalue weighted by Crippen LogP contribution is -2.51. The Morgan fingerprint density at radius 3 is 2.43 bits per heavy atom. The normalized spacial score (nSPS) is 30.1. The van der Waals surface area contributed by atoms with E-state index in [1.807, 2.05) is 0 Å². The molecular weight excluding hydrogens is 178 g/mol. The summed E-state index contributed by atoms with van der Waals surface area (Å²) in [5.41, 5.74) is -0.746. The van der Waals surface area contributed by atoms with Crippen LogP contribution >= 0.6 is 0 Å². The molecule has 1 rings (SSSR count). The van der Waals surface area contributed by atoms with Crippen LogP contribution in [0.1, 0.15) is 40.5 Å². The number of hydrogen-bond acceptors (Lipinski definition) is 2. The molecule has 82 valence electrons. The Kier molecular flexibility index (Phi) is 3.20. The molecule has 3 heteroatoms. The fraction of sp³-hybridized carbons (Fsp3) is 0.909. The van der Waals surface area contributed by atoms with Gasteiger partial charge in [0, 0.05) is 6.04 Å². The summed E-state index contributed by atoms with van der Waals surface area (Å²) in [6, 6.07) is 0.412. The average Bonchev–Trinajstić information content (AvgIpc) is 2.63. The van der Waals surface area contributed by atoms with Gasteiger partial charge < -0.3 is 5.11 Å². The Morgan fingerprint density at radius 1 is 1.64 bits per heavy atom. The molecule has 3 unspecified atom stereocenters. The van der Waals surface area contributed by atoms with Crippen LogP contribution in [0.15, 0.2) is 0 Å². The van der Waals surface area contributed by atoms with Gasteiger partial charge in [-0.15, -0.1) is 0 Å². The second-order valence-electron chi connectivity index (χ2n) is 5.20. The lowest BCUT2D eigenvalue weighted by atomic mass is 9.90. The highest BCUT2D eigenvalue weighted by Crippen LogP contribution is 2.32. The van der Waals surface area contributed by atoms with Gasteiger partial charge in [-0.3, -0.25) is 10.1 Å². The summed E-state index contributed by atoms with van der Waals surface area (Å²) in [6.07, 6.45) is 1.80. The molecule has 0 aromatic rings. The zero-order valence-electron chi connectivity index (χ0n) is 9.50. The summed E-state index contributed by atoms with van der Waals surface area (Å²) >= 11 is 0. The van der Waals surface area contributed by atoms with Crippen LogP contribution in [0, 0.1) is 11.8 Å². The van der Waals surface area contributed by atoms with Crippen molar-refractivity contribution >= 4 is 5.97 Å². The van der Waals surface area contributed by atoms with Crippen molar-refractivity contribution in [1.82, 2.24) is 5.32 Å². The van der Waals surface area contributed by atoms with E-state index in [4.69, 9.17) is 0 Å². The molecule has 1 fully saturated rings. The second kappa shape index (κ2) is 3.89. The van der Waals surface area contributed by atoms with Crippen LogP contribution in [0.3, 0.4) is 0 Å². The van der Waals surface area contributed by atoms with Crippen molar-refractivity contribution in [2.45, 2.75) is 52.1 Å². The molecule has 0 radical (unpaired) electrons. The fourth-order valence-electron chi connectivity index (χ4n) is 1.96. The Morgan fingerprint density at radius 2 is 2.14 bits per heavy atom. The molecule has 2 N–H and O–H groups in total. The van der Waals surface area contributed by atoms with Gasteiger partial charge >= 0.3 is 5.97 Å². The molecule has 1 saturated carbocycles. The minimum Gasteiger partial charge on any atom is -0.480 e. The molecule has 0 spiro atoms. The van der Waals surface area contributed by atoms with E-state index in [9.17, 15) is 9.90 Å². The third-order valence-electron chi connectivity index (χ3n) is 2.90. The monoisotopic (exact) mass is 199 g/mol. The molecule has 0 aromatic heterocycles. The standard InChI is InChI=1S/C11H21NO2/c1-7(2)6-11(4,10(13)14)12-9-5-8(9)3/h7-9,12H,5-6H2,1-4H3,(H,13,14). The Balaban J connectivity index is 2.56. The molecule has 3 nitrogen and oxygen atoms in total. The van der Waals surface area contributed by atoms with Crippen molar-refractivity contribution in [1.29, 1.82) is 0 Å². The first-order valence-corrected chi connectivity index (χ1v) is 5.36. The molecule has 0 bridgehead atoms. The summed E-state index contributed by atoms with van der Waals surface area (Å²) in [7, 11) is 0. The minimum atomic E-state index is -0.746. The van der Waals surface area contributed by atoms with E-state index in [-0.39, 0.29) is 0 Å². The number of carbonyl (C=O) groups is 1. The zero-order chi connectivity index (χ0) is 10.9. The number of carboxylic acid groups (broad SMARTS) is 1. The third kappa shape index (κ3) is 2.71. The van der Waals surface area contributed by atoms with E-state index in [2.05, 4.69) is 26.1 Å². The Bertz CT molecular complexity index is 227. The van der Waals surface area contributed by atoms with Crippen LogP contribution in [0.25, 0.3) is 0 Å². The lowest BCUT2D eigenvalue weighted by molar-refractivity contribution is -0.145. The van der Waals surface area contributed by atoms with Gasteiger partial charge in [0.15, 0.2) is 0 Å². The molecule has 14 heavy (non-hydrogen) atoms. The Labute approximate surface area is 85.9 Å². The maximum atomic E-state index is 11.2. The van der Waals surface area contributed by atoms with Crippen molar-refractivity contribution in [2.75, 3.05) is 0 Å². The maximum absolute atomic E-state index is 11.2. The van der Waals surface area contributed by atoms with Gasteiger partial charge in [-0.2, -0.15) is 0 Å². The van der Waals surface area contributed by atoms with Crippen LogP contribution in [0.4, 0.5) is 0 Å². The van der Waals surface area contributed by atoms with E-state index < -0.39 is 11.5 Å². The van der Waals surface area contributed by atoms with Crippen molar-refractivity contribution in [3.63, 3.8) is 0 Å². The first-order chi connectivity index (χ1) is 6.35. The lowest BCUT2D eigenvalue weighted by Gasteiger charge is -2.28. The fourth-order valence-corrected chi connectivity index (χ4v) is 1.96. The number of hydrogen-bond donors (Lipinski definition) is 2. The second-order valence-corrected chi connectivity index (χ2v) is 5.20. The molecule has 3 atom stereocenters. The van der Waals surface area contributed by atoms with Gasteiger partial charge in [0.05, 0.1) is 0 Å². The summed E-state index contributed by atoms with van der Waals surface area (Å²) < 4.78 is 0. The van der Waals surface area contributed by atoms with Gasteiger partial charge in [-0.05, 0) is 31.6 Å². The summed E-state index contributed by atoms with van der Waals surface area (Å²) in [6.45, 7) is 8.05. The van der Waals surface area contributed by atoms with E-state index in [1.165, 1.54) is 0 Å². The predicted molar refractivity (Wildman–Crippen MR) is 56.2 cm³/mol. The molecule has 1 aliphatic carbocycles. The van der Waals surface area contributed by atoms with Gasteiger partial charge in [0.2, 0.25) is 0 Å². The highest BCUT2D eigenvalue weighted by Gasteiger charge is 2.42. The van der Waals surface area contributed by atoms with Gasteiger partial charge in [-0.1, -0.05) is 20.8 Å². The summed E-state index contributed by atoms with van der Waals surface area (Å²) in [5, 5.41) is 12.4. The number of nitrogens with one attached hydrogen (secondary N) is 1. The molecular formula is C11H21NO2. The predicted octanol–water partition coefficient (Wildman–Crippen LogP) is 1.87. The molecule has 0 heterocycles. The van der Waals surface area contributed by atoms with E-state index in [0.29, 0.717) is 24.3 Å². The highest BCUT2D eigenvalue weighted by atomic mass is 16.4. The van der Waals surface area contributed by atoms with E-state index in [0.717, 1.165) is 6.42 Å². The molecule has 0 aromatic carbocycles. The van der Waals surface area contributed by atoms with Gasteiger partial charge in [0.25, 0.3) is 0 Å². The van der Waals surface area contributed by atoms with Gasteiger partial charge in [0.1, 0.15) is 5.54 Å². The quantitative estimate of drug-likeness (QED) is 0.710. The number of rotatable bonds is 5. The molecule has 0 aliphatic heterocycles. The Hall–Kier alpha value is -0.570. The van der Waals surface area contributed by atoms with Gasteiger partial charge in [-0.25, -0.2) is 0 Å². The van der Waals surface area contributed by atoms with Crippen LogP contribution in [0.5, 0.6) is 0 Å². The van der Waals surface area contributed by atoms with Crippen LogP contribution in [0.2, 0.25) is 0 Å². The molecule has 0 amide bonds. The average molecular weight is 199 g/mol. The highest BCUT2D eigenvalue weighted by molar-refractivity contribution is 5.78. The van der Waals surface area contributed by atoms with Crippen molar-refractivity contribution in [3.05, 3.63) is 0 Å². The largest absolute Gasteiger partial charge is 0.480 e. The van der Waals surface area contributed by atoms with Crippen LogP contribution in [-0.2, 0) is 4.79 Å². The summed E-state index contributed by atoms with van der Waals surface area (Å²) in [4.78, 5) is 11.2. The van der Waals surface area contributed by atoms with E-state index in [1.54, 1.807) is 6.92 Å². The van der Waals surface area contributed by atoms with Crippen molar-refractivity contribution < 1.29 is 9.90 Å². The maximum Gasteiger partial charge on any atom is 0.323 e. The zero-order valence-corrected chi connectivity index (χ0v) is 9.50. The number of carboxylic acids is 1. The molecule has 0 saturated heterocycles. The van der Waals surface area contributed by atoms with Crippen LogP contribution in [-0.4, -0.2) is 22.7 Å². The minimum absolute atomic E-state index is 0.401. The third-order valence-corrected chi connectivity index (χ3v) is 2.90. The van der Waals surface area contributed by atoms with Crippen LogP contribution < -0.4 is 5.32 Å². The first kappa shape index (κ1) is 11.5. The summed E-state index contributed by atoms with van der Waals surface area (Å²) in [5.74, 6) is 0.309. The van der Waals surface area contributed by atoms with E-state index >= 15 is 0 Å². The topological polar surface area (TPSA) is 49.3 Å². The van der Waals surface area contributed by atoms with Crippen molar-refractivity contribution in [2.24, 2.45) is 11.8 Å². The molecule has 1 aliphatic rings. The SMILES string of the molecule is CC(C)CC(C)(NC1CC1C)C(=O)O.